The van der Waals surface area contributed by atoms with Crippen molar-refractivity contribution in [3.8, 4) is 6.07 Å². The van der Waals surface area contributed by atoms with E-state index in [1.54, 1.807) is 24.0 Å². The summed E-state index contributed by atoms with van der Waals surface area (Å²) in [4.78, 5) is 8.10. The Balaban J connectivity index is 2.07. The van der Waals surface area contributed by atoms with Gasteiger partial charge < -0.3 is 5.73 Å². The van der Waals surface area contributed by atoms with E-state index in [0.29, 0.717) is 10.8 Å². The molecule has 0 saturated carbocycles. The summed E-state index contributed by atoms with van der Waals surface area (Å²) in [6.07, 6.45) is 1.66. The van der Waals surface area contributed by atoms with Gasteiger partial charge in [0.2, 0.25) is 0 Å². The van der Waals surface area contributed by atoms with Crippen LogP contribution in [0.25, 0.3) is 0 Å². The highest BCUT2D eigenvalue weighted by Gasteiger charge is 2.06. The number of nitrogens with zero attached hydrogens (tertiary/aromatic N) is 3. The average molecular weight is 262 g/mol. The first-order valence-corrected chi connectivity index (χ1v) is 6.70. The summed E-state index contributed by atoms with van der Waals surface area (Å²) >= 11 is 3.17. The smallest absolute Gasteiger partial charge is 0.181 e. The average Bonchev–Trinajstić information content (AvgIpc) is 2.65. The third-order valence-corrected chi connectivity index (χ3v) is 4.50. The number of thiazole rings is 1. The lowest BCUT2D eigenvalue weighted by Gasteiger charge is -2.00. The van der Waals surface area contributed by atoms with Crippen molar-refractivity contribution in [1.82, 2.24) is 9.97 Å². The Bertz CT molecular complexity index is 571. The van der Waals surface area contributed by atoms with Crippen molar-refractivity contribution in [2.45, 2.75) is 16.9 Å². The molecule has 4 nitrogen and oxygen atoms in total. The van der Waals surface area contributed by atoms with Crippen LogP contribution in [-0.4, -0.2) is 9.97 Å². The molecule has 0 amide bonds. The molecule has 0 unspecified atom stereocenters. The minimum atomic E-state index is 0.448. The van der Waals surface area contributed by atoms with Crippen molar-refractivity contribution in [1.29, 1.82) is 5.26 Å². The number of hydrogen-bond donors (Lipinski definition) is 1. The largest absolute Gasteiger partial charge is 0.375 e. The van der Waals surface area contributed by atoms with Crippen LogP contribution in [0.15, 0.2) is 22.5 Å². The normalized spacial score (nSPS) is 10.1. The second-order valence-corrected chi connectivity index (χ2v) is 5.65. The van der Waals surface area contributed by atoms with Gasteiger partial charge in [0.05, 0.1) is 9.90 Å². The van der Waals surface area contributed by atoms with E-state index < -0.39 is 0 Å². The van der Waals surface area contributed by atoms with Crippen LogP contribution in [0.1, 0.15) is 17.0 Å². The maximum absolute atomic E-state index is 8.75. The SMILES string of the molecule is Cc1nc(N)sc1SCc1ccnc(C#N)c1. The Morgan fingerprint density at radius 3 is 3.06 bits per heavy atom. The van der Waals surface area contributed by atoms with Gasteiger partial charge in [-0.2, -0.15) is 5.26 Å². The van der Waals surface area contributed by atoms with E-state index in [2.05, 4.69) is 9.97 Å². The molecule has 0 atom stereocenters. The zero-order valence-electron chi connectivity index (χ0n) is 9.17. The number of nitrogens with two attached hydrogens (primary N) is 1. The van der Waals surface area contributed by atoms with Crippen LogP contribution < -0.4 is 5.73 Å². The molecule has 0 radical (unpaired) electrons. The standard InChI is InChI=1S/C11H10N4S2/c1-7-10(17-11(13)15-7)16-6-8-2-3-14-9(4-8)5-12/h2-4H,6H2,1H3,(H2,13,15). The van der Waals surface area contributed by atoms with Crippen LogP contribution in [-0.2, 0) is 5.75 Å². The maximum Gasteiger partial charge on any atom is 0.181 e. The number of hydrogen-bond acceptors (Lipinski definition) is 6. The first kappa shape index (κ1) is 11.9. The first-order valence-electron chi connectivity index (χ1n) is 4.90. The maximum atomic E-state index is 8.75. The summed E-state index contributed by atoms with van der Waals surface area (Å²) in [6, 6.07) is 5.74. The highest BCUT2D eigenvalue weighted by atomic mass is 32.2. The molecule has 0 aliphatic rings. The van der Waals surface area contributed by atoms with Gasteiger partial charge in [0.15, 0.2) is 5.13 Å². The lowest BCUT2D eigenvalue weighted by molar-refractivity contribution is 1.20. The first-order chi connectivity index (χ1) is 8.19. The van der Waals surface area contributed by atoms with Crippen LogP contribution in [0, 0.1) is 18.3 Å². The van der Waals surface area contributed by atoms with E-state index in [1.807, 2.05) is 19.1 Å². The molecule has 2 aromatic rings. The quantitative estimate of drug-likeness (QED) is 0.860. The number of anilines is 1. The van der Waals surface area contributed by atoms with Gasteiger partial charge >= 0.3 is 0 Å². The van der Waals surface area contributed by atoms with Crippen molar-refractivity contribution in [2.75, 3.05) is 5.73 Å². The molecule has 0 bridgehead atoms. The van der Waals surface area contributed by atoms with E-state index in [1.165, 1.54) is 11.3 Å². The molecule has 0 spiro atoms. The number of thioether (sulfide) groups is 1. The predicted molar refractivity (Wildman–Crippen MR) is 69.8 cm³/mol. The molecule has 0 aliphatic carbocycles. The Labute approximate surface area is 108 Å². The molecular formula is C11H10N4S2. The van der Waals surface area contributed by atoms with Crippen LogP contribution in [0.4, 0.5) is 5.13 Å². The van der Waals surface area contributed by atoms with Gasteiger partial charge in [-0.05, 0) is 24.6 Å². The summed E-state index contributed by atoms with van der Waals surface area (Å²) in [5.74, 6) is 0.791. The third kappa shape index (κ3) is 2.96. The molecule has 2 heterocycles. The number of aryl methyl sites for hydroxylation is 1. The molecule has 6 heteroatoms. The van der Waals surface area contributed by atoms with Crippen LogP contribution in [0.5, 0.6) is 0 Å². The van der Waals surface area contributed by atoms with E-state index >= 15 is 0 Å². The minimum Gasteiger partial charge on any atom is -0.375 e. The number of pyridine rings is 1. The Morgan fingerprint density at radius 2 is 2.41 bits per heavy atom. The van der Waals surface area contributed by atoms with Crippen molar-refractivity contribution in [3.05, 3.63) is 35.3 Å². The van der Waals surface area contributed by atoms with E-state index in [4.69, 9.17) is 11.0 Å². The number of rotatable bonds is 3. The predicted octanol–water partition coefficient (Wildman–Crippen LogP) is 2.59. The topological polar surface area (TPSA) is 75.6 Å². The van der Waals surface area contributed by atoms with Crippen molar-refractivity contribution >= 4 is 28.2 Å². The monoisotopic (exact) mass is 262 g/mol. The third-order valence-electron chi connectivity index (χ3n) is 2.08. The van der Waals surface area contributed by atoms with E-state index in [-0.39, 0.29) is 0 Å². The molecular weight excluding hydrogens is 252 g/mol. The van der Waals surface area contributed by atoms with Crippen LogP contribution in [0.2, 0.25) is 0 Å². The van der Waals surface area contributed by atoms with Gasteiger partial charge in [0.1, 0.15) is 11.8 Å². The van der Waals surface area contributed by atoms with Crippen LogP contribution in [0.3, 0.4) is 0 Å². The minimum absolute atomic E-state index is 0.448. The van der Waals surface area contributed by atoms with Gasteiger partial charge in [-0.1, -0.05) is 11.3 Å². The molecule has 0 fully saturated rings. The number of nitriles is 1. The Kier molecular flexibility index (Phi) is 3.61. The number of aromatic nitrogens is 2. The zero-order valence-corrected chi connectivity index (χ0v) is 10.8. The fourth-order valence-corrected chi connectivity index (χ4v) is 3.28. The summed E-state index contributed by atoms with van der Waals surface area (Å²) in [5.41, 5.74) is 8.12. The molecule has 2 rings (SSSR count). The molecule has 2 N–H and O–H groups in total. The van der Waals surface area contributed by atoms with Gasteiger partial charge in [0, 0.05) is 11.9 Å². The summed E-state index contributed by atoms with van der Waals surface area (Å²) < 4.78 is 1.12. The van der Waals surface area contributed by atoms with Gasteiger partial charge in [-0.3, -0.25) is 0 Å². The molecule has 17 heavy (non-hydrogen) atoms. The fourth-order valence-electron chi connectivity index (χ4n) is 1.31. The Hall–Kier alpha value is -1.58. The van der Waals surface area contributed by atoms with Crippen molar-refractivity contribution < 1.29 is 0 Å². The van der Waals surface area contributed by atoms with Gasteiger partial charge in [-0.25, -0.2) is 9.97 Å². The highest BCUT2D eigenvalue weighted by molar-refractivity contribution is 8.00. The summed E-state index contributed by atoms with van der Waals surface area (Å²) in [5, 5.41) is 9.35. The van der Waals surface area contributed by atoms with E-state index in [9.17, 15) is 0 Å². The zero-order chi connectivity index (χ0) is 12.3. The molecule has 2 aromatic heterocycles. The summed E-state index contributed by atoms with van der Waals surface area (Å²) in [6.45, 7) is 1.95. The van der Waals surface area contributed by atoms with Gasteiger partial charge in [-0.15, -0.1) is 11.8 Å². The highest BCUT2D eigenvalue weighted by Crippen LogP contribution is 2.32. The molecule has 0 aromatic carbocycles. The van der Waals surface area contributed by atoms with E-state index in [0.717, 1.165) is 21.2 Å². The lowest BCUT2D eigenvalue weighted by Crippen LogP contribution is -1.86. The second-order valence-electron chi connectivity index (χ2n) is 3.37. The van der Waals surface area contributed by atoms with Crippen molar-refractivity contribution in [3.63, 3.8) is 0 Å². The molecule has 0 saturated heterocycles. The number of nitrogen functional groups attached to an aromatic ring is 1. The molecule has 86 valence electrons. The van der Waals surface area contributed by atoms with Crippen LogP contribution >= 0.6 is 23.1 Å². The van der Waals surface area contributed by atoms with Crippen molar-refractivity contribution in [2.24, 2.45) is 0 Å². The Morgan fingerprint density at radius 1 is 1.59 bits per heavy atom. The molecule has 0 aliphatic heterocycles. The fraction of sp³-hybridized carbons (Fsp3) is 0.182. The second kappa shape index (κ2) is 5.17. The summed E-state index contributed by atoms with van der Waals surface area (Å²) in [7, 11) is 0. The lowest BCUT2D eigenvalue weighted by atomic mass is 10.2. The van der Waals surface area contributed by atoms with Gasteiger partial charge in [0.25, 0.3) is 0 Å².